The van der Waals surface area contributed by atoms with E-state index >= 15 is 0 Å². The van der Waals surface area contributed by atoms with Crippen molar-refractivity contribution in [3.05, 3.63) is 23.7 Å². The summed E-state index contributed by atoms with van der Waals surface area (Å²) in [4.78, 5) is 12.3. The van der Waals surface area contributed by atoms with Gasteiger partial charge in [-0.1, -0.05) is 13.8 Å². The van der Waals surface area contributed by atoms with Gasteiger partial charge < -0.3 is 10.2 Å². The Kier molecular flexibility index (Phi) is 3.67. The molecule has 0 amide bonds. The zero-order valence-electron chi connectivity index (χ0n) is 10.6. The third kappa shape index (κ3) is 2.78. The van der Waals surface area contributed by atoms with Crippen LogP contribution in [0.4, 0.5) is 0 Å². The number of ketones is 1. The smallest absolute Gasteiger partial charge is 0.201 e. The van der Waals surface area contributed by atoms with E-state index in [9.17, 15) is 4.79 Å². The van der Waals surface area contributed by atoms with Crippen LogP contribution >= 0.6 is 0 Å². The molecule has 1 aliphatic carbocycles. The van der Waals surface area contributed by atoms with E-state index in [1.54, 1.807) is 12.1 Å². The summed E-state index contributed by atoms with van der Waals surface area (Å²) in [5.41, 5.74) is 5.48. The maximum Gasteiger partial charge on any atom is 0.201 e. The number of rotatable bonds is 3. The highest BCUT2D eigenvalue weighted by Gasteiger charge is 2.30. The molecule has 0 bridgehead atoms. The molecule has 2 unspecified atom stereocenters. The Labute approximate surface area is 102 Å². The van der Waals surface area contributed by atoms with Crippen molar-refractivity contribution in [2.24, 2.45) is 23.5 Å². The van der Waals surface area contributed by atoms with Gasteiger partial charge >= 0.3 is 0 Å². The first-order valence-corrected chi connectivity index (χ1v) is 6.43. The van der Waals surface area contributed by atoms with Gasteiger partial charge in [0.1, 0.15) is 5.76 Å². The van der Waals surface area contributed by atoms with E-state index in [-0.39, 0.29) is 11.7 Å². The second-order valence-electron chi connectivity index (χ2n) is 5.45. The standard InChI is InChI=1S/C14H21NO2/c1-9-5-10(2)7-11(6-9)14(16)13-4-3-12(8-15)17-13/h3-4,9-11H,5-8,15H2,1-2H3. The maximum absolute atomic E-state index is 12.3. The third-order valence-electron chi connectivity index (χ3n) is 3.65. The molecule has 0 aromatic carbocycles. The molecule has 0 radical (unpaired) electrons. The molecule has 3 nitrogen and oxygen atoms in total. The number of hydrogen-bond donors (Lipinski definition) is 1. The first kappa shape index (κ1) is 12.4. The number of Topliss-reactive ketones (excluding diaryl/α,β-unsaturated/α-hetero) is 1. The van der Waals surface area contributed by atoms with Gasteiger partial charge in [0.2, 0.25) is 5.78 Å². The minimum absolute atomic E-state index is 0.130. The molecule has 0 spiro atoms. The van der Waals surface area contributed by atoms with Crippen LogP contribution in [0.3, 0.4) is 0 Å². The predicted molar refractivity (Wildman–Crippen MR) is 66.6 cm³/mol. The van der Waals surface area contributed by atoms with Crippen LogP contribution in [-0.4, -0.2) is 5.78 Å². The van der Waals surface area contributed by atoms with Gasteiger partial charge in [-0.05, 0) is 43.2 Å². The molecule has 1 heterocycles. The van der Waals surface area contributed by atoms with E-state index < -0.39 is 0 Å². The average Bonchev–Trinajstić information content (AvgIpc) is 2.75. The molecule has 1 aromatic heterocycles. The summed E-state index contributed by atoms with van der Waals surface area (Å²) in [6, 6.07) is 3.55. The van der Waals surface area contributed by atoms with Gasteiger partial charge in [0, 0.05) is 5.92 Å². The Morgan fingerprint density at radius 3 is 2.47 bits per heavy atom. The summed E-state index contributed by atoms with van der Waals surface area (Å²) in [5, 5.41) is 0. The molecule has 0 saturated heterocycles. The van der Waals surface area contributed by atoms with Gasteiger partial charge in [0.15, 0.2) is 5.76 Å². The summed E-state index contributed by atoms with van der Waals surface area (Å²) in [6.07, 6.45) is 3.21. The minimum Gasteiger partial charge on any atom is -0.457 e. The van der Waals surface area contributed by atoms with Gasteiger partial charge in [-0.15, -0.1) is 0 Å². The Balaban J connectivity index is 2.08. The number of carbonyl (C=O) groups is 1. The SMILES string of the molecule is CC1CC(C)CC(C(=O)c2ccc(CN)o2)C1. The minimum atomic E-state index is 0.130. The Morgan fingerprint density at radius 1 is 1.29 bits per heavy atom. The zero-order chi connectivity index (χ0) is 12.4. The van der Waals surface area contributed by atoms with Crippen LogP contribution in [0.15, 0.2) is 16.5 Å². The average molecular weight is 235 g/mol. The lowest BCUT2D eigenvalue weighted by Crippen LogP contribution is -2.25. The van der Waals surface area contributed by atoms with Gasteiger partial charge in [-0.3, -0.25) is 4.79 Å². The summed E-state index contributed by atoms with van der Waals surface area (Å²) in [7, 11) is 0. The fourth-order valence-electron chi connectivity index (χ4n) is 2.98. The lowest BCUT2D eigenvalue weighted by molar-refractivity contribution is 0.0805. The lowest BCUT2D eigenvalue weighted by atomic mass is 9.75. The van der Waals surface area contributed by atoms with Crippen LogP contribution in [0.1, 0.15) is 49.4 Å². The van der Waals surface area contributed by atoms with E-state index in [1.165, 1.54) is 6.42 Å². The van der Waals surface area contributed by atoms with E-state index in [2.05, 4.69) is 13.8 Å². The fraction of sp³-hybridized carbons (Fsp3) is 0.643. The predicted octanol–water partition coefficient (Wildman–Crippen LogP) is 2.99. The van der Waals surface area contributed by atoms with E-state index in [1.807, 2.05) is 0 Å². The molecule has 3 heteroatoms. The van der Waals surface area contributed by atoms with Crippen LogP contribution in [0.2, 0.25) is 0 Å². The molecule has 1 saturated carbocycles. The summed E-state index contributed by atoms with van der Waals surface area (Å²) in [5.74, 6) is 2.73. The Hall–Kier alpha value is -1.09. The highest BCUT2D eigenvalue weighted by Crippen LogP contribution is 2.34. The van der Waals surface area contributed by atoms with Crippen LogP contribution in [0, 0.1) is 17.8 Å². The van der Waals surface area contributed by atoms with E-state index in [0.717, 1.165) is 12.8 Å². The van der Waals surface area contributed by atoms with Crippen molar-refractivity contribution in [2.45, 2.75) is 39.7 Å². The molecule has 17 heavy (non-hydrogen) atoms. The van der Waals surface area contributed by atoms with Crippen molar-refractivity contribution in [2.75, 3.05) is 0 Å². The lowest BCUT2D eigenvalue weighted by Gasteiger charge is -2.29. The van der Waals surface area contributed by atoms with E-state index in [4.69, 9.17) is 10.2 Å². The monoisotopic (exact) mass is 235 g/mol. The van der Waals surface area contributed by atoms with Gasteiger partial charge in [-0.25, -0.2) is 0 Å². The molecule has 94 valence electrons. The second-order valence-corrected chi connectivity index (χ2v) is 5.45. The molecule has 1 fully saturated rings. The van der Waals surface area contributed by atoms with Gasteiger partial charge in [0.25, 0.3) is 0 Å². The van der Waals surface area contributed by atoms with Crippen LogP contribution in [0.25, 0.3) is 0 Å². The van der Waals surface area contributed by atoms with Crippen LogP contribution in [0.5, 0.6) is 0 Å². The number of furan rings is 1. The van der Waals surface area contributed by atoms with Crippen molar-refractivity contribution in [1.29, 1.82) is 0 Å². The van der Waals surface area contributed by atoms with E-state index in [0.29, 0.717) is 29.9 Å². The van der Waals surface area contributed by atoms with Crippen molar-refractivity contribution in [1.82, 2.24) is 0 Å². The topological polar surface area (TPSA) is 56.2 Å². The molecular formula is C14H21NO2. The highest BCUT2D eigenvalue weighted by atomic mass is 16.3. The van der Waals surface area contributed by atoms with Crippen molar-refractivity contribution in [3.63, 3.8) is 0 Å². The van der Waals surface area contributed by atoms with Crippen molar-refractivity contribution in [3.8, 4) is 0 Å². The molecule has 0 aliphatic heterocycles. The normalized spacial score (nSPS) is 29.2. The summed E-state index contributed by atoms with van der Waals surface area (Å²) in [6.45, 7) is 4.80. The third-order valence-corrected chi connectivity index (χ3v) is 3.65. The molecular weight excluding hydrogens is 214 g/mol. The van der Waals surface area contributed by atoms with Crippen LogP contribution in [-0.2, 0) is 6.54 Å². The number of carbonyl (C=O) groups excluding carboxylic acids is 1. The Bertz CT molecular complexity index is 387. The number of hydrogen-bond acceptors (Lipinski definition) is 3. The molecule has 1 aliphatic rings. The van der Waals surface area contributed by atoms with Gasteiger partial charge in [-0.2, -0.15) is 0 Å². The summed E-state index contributed by atoms with van der Waals surface area (Å²) < 4.78 is 5.44. The fourth-order valence-corrected chi connectivity index (χ4v) is 2.98. The molecule has 1 aromatic rings. The highest BCUT2D eigenvalue weighted by molar-refractivity contribution is 5.95. The molecule has 2 N–H and O–H groups in total. The number of nitrogens with two attached hydrogens (primary N) is 1. The zero-order valence-corrected chi connectivity index (χ0v) is 10.6. The second kappa shape index (κ2) is 5.05. The first-order chi connectivity index (χ1) is 8.10. The first-order valence-electron chi connectivity index (χ1n) is 6.43. The molecule has 2 rings (SSSR count). The van der Waals surface area contributed by atoms with Crippen molar-refractivity contribution >= 4 is 5.78 Å². The quantitative estimate of drug-likeness (QED) is 0.819. The summed E-state index contributed by atoms with van der Waals surface area (Å²) >= 11 is 0. The maximum atomic E-state index is 12.3. The van der Waals surface area contributed by atoms with Crippen molar-refractivity contribution < 1.29 is 9.21 Å². The largest absolute Gasteiger partial charge is 0.457 e. The van der Waals surface area contributed by atoms with Gasteiger partial charge in [0.05, 0.1) is 6.54 Å². The molecule has 2 atom stereocenters. The Morgan fingerprint density at radius 2 is 1.94 bits per heavy atom. The van der Waals surface area contributed by atoms with Crippen LogP contribution < -0.4 is 5.73 Å².